The van der Waals surface area contributed by atoms with Gasteiger partial charge in [-0.15, -0.1) is 0 Å². The van der Waals surface area contributed by atoms with Crippen LogP contribution in [0, 0.1) is 5.92 Å². The zero-order chi connectivity index (χ0) is 16.7. The molecule has 0 aromatic heterocycles. The summed E-state index contributed by atoms with van der Waals surface area (Å²) in [4.78, 5) is 28.0. The van der Waals surface area contributed by atoms with E-state index in [1.54, 1.807) is 4.90 Å². The summed E-state index contributed by atoms with van der Waals surface area (Å²) in [6.07, 6.45) is 0.893. The Kier molecular flexibility index (Phi) is 6.59. The van der Waals surface area contributed by atoms with Gasteiger partial charge in [0.05, 0.1) is 0 Å². The summed E-state index contributed by atoms with van der Waals surface area (Å²) in [6, 6.07) is 10.3. The van der Waals surface area contributed by atoms with E-state index in [1.165, 1.54) is 5.56 Å². The number of nitrogens with one attached hydrogen (secondary N) is 1. The monoisotopic (exact) mass is 317 g/mol. The number of rotatable bonds is 5. The summed E-state index contributed by atoms with van der Waals surface area (Å²) >= 11 is 0. The third kappa shape index (κ3) is 5.67. The maximum absolute atomic E-state index is 12.1. The van der Waals surface area contributed by atoms with Crippen molar-refractivity contribution in [2.45, 2.75) is 26.8 Å². The summed E-state index contributed by atoms with van der Waals surface area (Å²) in [5, 5.41) is 2.72. The number of amides is 2. The molecule has 1 aromatic carbocycles. The third-order valence-corrected chi connectivity index (χ3v) is 4.11. The van der Waals surface area contributed by atoms with Gasteiger partial charge < -0.3 is 10.2 Å². The van der Waals surface area contributed by atoms with Crippen LogP contribution in [0.3, 0.4) is 0 Å². The highest BCUT2D eigenvalue weighted by atomic mass is 16.2. The molecule has 0 atom stereocenters. The minimum Gasteiger partial charge on any atom is -0.348 e. The predicted molar refractivity (Wildman–Crippen MR) is 90.8 cm³/mol. The van der Waals surface area contributed by atoms with E-state index in [0.29, 0.717) is 25.6 Å². The Balaban J connectivity index is 1.73. The topological polar surface area (TPSA) is 52.7 Å². The molecule has 126 valence electrons. The first-order valence-corrected chi connectivity index (χ1v) is 8.39. The van der Waals surface area contributed by atoms with Gasteiger partial charge in [-0.05, 0) is 17.9 Å². The third-order valence-electron chi connectivity index (χ3n) is 4.11. The van der Waals surface area contributed by atoms with E-state index in [9.17, 15) is 9.59 Å². The quantitative estimate of drug-likeness (QED) is 0.837. The van der Waals surface area contributed by atoms with Crippen LogP contribution in [0.2, 0.25) is 0 Å². The molecule has 1 heterocycles. The summed E-state index contributed by atoms with van der Waals surface area (Å²) in [5.41, 5.74) is 1.28. The van der Waals surface area contributed by atoms with Crippen molar-refractivity contribution in [3.05, 3.63) is 35.9 Å². The minimum absolute atomic E-state index is 0.395. The number of nitrogens with zero attached hydrogens (tertiary/aromatic N) is 2. The fraction of sp³-hybridized carbons (Fsp3) is 0.556. The molecule has 1 aliphatic rings. The van der Waals surface area contributed by atoms with E-state index < -0.39 is 11.8 Å². The second kappa shape index (κ2) is 8.67. The smallest absolute Gasteiger partial charge is 0.311 e. The van der Waals surface area contributed by atoms with Gasteiger partial charge >= 0.3 is 11.8 Å². The Labute approximate surface area is 138 Å². The van der Waals surface area contributed by atoms with Crippen LogP contribution in [0.4, 0.5) is 0 Å². The molecular weight excluding hydrogens is 290 g/mol. The maximum Gasteiger partial charge on any atom is 0.311 e. The van der Waals surface area contributed by atoms with Gasteiger partial charge in [-0.1, -0.05) is 44.2 Å². The summed E-state index contributed by atoms with van der Waals surface area (Å²) in [6.45, 7) is 8.49. The van der Waals surface area contributed by atoms with E-state index in [1.807, 2.05) is 18.2 Å². The predicted octanol–water partition coefficient (Wildman–Crippen LogP) is 1.49. The molecule has 0 aliphatic carbocycles. The molecule has 1 N–H and O–H groups in total. The molecule has 2 amide bonds. The molecule has 0 unspecified atom stereocenters. The maximum atomic E-state index is 12.1. The van der Waals surface area contributed by atoms with Gasteiger partial charge in [-0.3, -0.25) is 14.5 Å². The Morgan fingerprint density at radius 1 is 1.09 bits per heavy atom. The zero-order valence-corrected chi connectivity index (χ0v) is 14.1. The van der Waals surface area contributed by atoms with Crippen LogP contribution in [-0.2, 0) is 16.1 Å². The molecule has 1 saturated heterocycles. The Morgan fingerprint density at radius 2 is 1.74 bits per heavy atom. The van der Waals surface area contributed by atoms with Crippen LogP contribution in [0.25, 0.3) is 0 Å². The molecule has 1 aromatic rings. The van der Waals surface area contributed by atoms with Crippen molar-refractivity contribution in [3.8, 4) is 0 Å². The molecule has 5 nitrogen and oxygen atoms in total. The molecular formula is C18H27N3O2. The van der Waals surface area contributed by atoms with Gasteiger partial charge in [0, 0.05) is 39.3 Å². The van der Waals surface area contributed by atoms with Gasteiger partial charge in [0.1, 0.15) is 0 Å². The Morgan fingerprint density at radius 3 is 2.35 bits per heavy atom. The minimum atomic E-state index is -0.470. The summed E-state index contributed by atoms with van der Waals surface area (Å²) in [7, 11) is 0. The second-order valence-corrected chi connectivity index (χ2v) is 6.49. The van der Waals surface area contributed by atoms with Crippen molar-refractivity contribution in [3.63, 3.8) is 0 Å². The lowest BCUT2D eigenvalue weighted by molar-refractivity contribution is -0.147. The van der Waals surface area contributed by atoms with Crippen LogP contribution in [0.1, 0.15) is 25.8 Å². The Bertz CT molecular complexity index is 508. The van der Waals surface area contributed by atoms with Crippen LogP contribution < -0.4 is 5.32 Å². The lowest BCUT2D eigenvalue weighted by Crippen LogP contribution is -2.52. The van der Waals surface area contributed by atoms with Crippen molar-refractivity contribution in [2.75, 3.05) is 32.7 Å². The highest BCUT2D eigenvalue weighted by Crippen LogP contribution is 2.08. The molecule has 0 bridgehead atoms. The number of carbonyl (C=O) groups is 2. The molecule has 0 saturated carbocycles. The SMILES string of the molecule is CC(C)CCNC(=O)C(=O)N1CCN(Cc2ccccc2)CC1. The van der Waals surface area contributed by atoms with Gasteiger partial charge in [0.15, 0.2) is 0 Å². The van der Waals surface area contributed by atoms with Crippen molar-refractivity contribution >= 4 is 11.8 Å². The van der Waals surface area contributed by atoms with E-state index in [-0.39, 0.29) is 0 Å². The Hall–Kier alpha value is -1.88. The molecule has 5 heteroatoms. The summed E-state index contributed by atoms with van der Waals surface area (Å²) < 4.78 is 0. The molecule has 0 spiro atoms. The van der Waals surface area contributed by atoms with Gasteiger partial charge in [-0.25, -0.2) is 0 Å². The average molecular weight is 317 g/mol. The standard InChI is InChI=1S/C18H27N3O2/c1-15(2)8-9-19-17(22)18(23)21-12-10-20(11-13-21)14-16-6-4-3-5-7-16/h3-7,15H,8-14H2,1-2H3,(H,19,22). The van der Waals surface area contributed by atoms with Crippen molar-refractivity contribution in [1.82, 2.24) is 15.1 Å². The zero-order valence-electron chi connectivity index (χ0n) is 14.1. The fourth-order valence-corrected chi connectivity index (χ4v) is 2.64. The second-order valence-electron chi connectivity index (χ2n) is 6.49. The molecule has 2 rings (SSSR count). The van der Waals surface area contributed by atoms with Crippen LogP contribution >= 0.6 is 0 Å². The highest BCUT2D eigenvalue weighted by Gasteiger charge is 2.25. The first-order chi connectivity index (χ1) is 11.1. The van der Waals surface area contributed by atoms with Crippen LogP contribution in [0.15, 0.2) is 30.3 Å². The largest absolute Gasteiger partial charge is 0.348 e. The number of hydrogen-bond donors (Lipinski definition) is 1. The fourth-order valence-electron chi connectivity index (χ4n) is 2.64. The number of hydrogen-bond acceptors (Lipinski definition) is 3. The number of piperazine rings is 1. The number of benzene rings is 1. The van der Waals surface area contributed by atoms with Crippen LogP contribution in [0.5, 0.6) is 0 Å². The first-order valence-electron chi connectivity index (χ1n) is 8.39. The van der Waals surface area contributed by atoms with Gasteiger partial charge in [0.25, 0.3) is 0 Å². The van der Waals surface area contributed by atoms with Gasteiger partial charge in [0.2, 0.25) is 0 Å². The normalized spacial score (nSPS) is 15.7. The lowest BCUT2D eigenvalue weighted by atomic mass is 10.1. The first kappa shape index (κ1) is 17.5. The molecule has 1 aliphatic heterocycles. The van der Waals surface area contributed by atoms with Gasteiger partial charge in [-0.2, -0.15) is 0 Å². The molecule has 1 fully saturated rings. The van der Waals surface area contributed by atoms with E-state index in [0.717, 1.165) is 26.1 Å². The van der Waals surface area contributed by atoms with E-state index in [2.05, 4.69) is 36.2 Å². The molecule has 23 heavy (non-hydrogen) atoms. The van der Waals surface area contributed by atoms with Crippen LogP contribution in [-0.4, -0.2) is 54.3 Å². The number of carbonyl (C=O) groups excluding carboxylic acids is 2. The lowest BCUT2D eigenvalue weighted by Gasteiger charge is -2.34. The van der Waals surface area contributed by atoms with Crippen molar-refractivity contribution in [2.24, 2.45) is 5.92 Å². The molecule has 0 radical (unpaired) electrons. The van der Waals surface area contributed by atoms with E-state index >= 15 is 0 Å². The highest BCUT2D eigenvalue weighted by molar-refractivity contribution is 6.35. The van der Waals surface area contributed by atoms with Crippen molar-refractivity contribution in [1.29, 1.82) is 0 Å². The average Bonchev–Trinajstić information content (AvgIpc) is 2.55. The van der Waals surface area contributed by atoms with Crippen molar-refractivity contribution < 1.29 is 9.59 Å². The summed E-state index contributed by atoms with van der Waals surface area (Å²) in [5.74, 6) is -0.345. The van der Waals surface area contributed by atoms with E-state index in [4.69, 9.17) is 0 Å².